The van der Waals surface area contributed by atoms with Crippen molar-refractivity contribution in [3.05, 3.63) is 66.0 Å². The Labute approximate surface area is 182 Å². The molecule has 0 fully saturated rings. The molecular formula is C26H34N4. The largest absolute Gasteiger partial charge is 0.397 e. The number of nitrogens with one attached hydrogen (secondary N) is 1. The SMILES string of the molecule is C/C=C\C=Nc1cc(CC#CNC)ccc1N.CC.CCC#CCc1ccncc1. The molecule has 0 aliphatic carbocycles. The number of pyridine rings is 1. The summed E-state index contributed by atoms with van der Waals surface area (Å²) in [5, 5.41) is 2.78. The van der Waals surface area contributed by atoms with Gasteiger partial charge in [-0.1, -0.05) is 44.8 Å². The van der Waals surface area contributed by atoms with E-state index >= 15 is 0 Å². The molecule has 0 amide bonds. The molecule has 2 aromatic rings. The first-order valence-electron chi connectivity index (χ1n) is 10.2. The molecule has 4 nitrogen and oxygen atoms in total. The third-order valence-electron chi connectivity index (χ3n) is 3.44. The molecule has 0 saturated carbocycles. The van der Waals surface area contributed by atoms with Gasteiger partial charge in [-0.05, 0) is 48.4 Å². The normalized spacial score (nSPS) is 9.23. The van der Waals surface area contributed by atoms with Crippen molar-refractivity contribution >= 4 is 17.6 Å². The maximum absolute atomic E-state index is 5.84. The number of allylic oxidation sites excluding steroid dienone is 2. The van der Waals surface area contributed by atoms with E-state index in [1.807, 2.05) is 63.3 Å². The van der Waals surface area contributed by atoms with Crippen molar-refractivity contribution in [2.75, 3.05) is 12.8 Å². The highest BCUT2D eigenvalue weighted by atomic mass is 14.8. The van der Waals surface area contributed by atoms with E-state index in [9.17, 15) is 0 Å². The molecular weight excluding hydrogens is 368 g/mol. The number of aromatic nitrogens is 1. The van der Waals surface area contributed by atoms with Crippen LogP contribution in [0.25, 0.3) is 0 Å². The minimum Gasteiger partial charge on any atom is -0.397 e. The van der Waals surface area contributed by atoms with Crippen LogP contribution in [0.15, 0.2) is 59.9 Å². The van der Waals surface area contributed by atoms with Crippen molar-refractivity contribution in [2.24, 2.45) is 4.99 Å². The summed E-state index contributed by atoms with van der Waals surface area (Å²) in [5.74, 6) is 9.10. The minimum atomic E-state index is 0.677. The zero-order valence-electron chi connectivity index (χ0n) is 18.9. The second-order valence-corrected chi connectivity index (χ2v) is 5.67. The third kappa shape index (κ3) is 12.8. The van der Waals surface area contributed by atoms with Gasteiger partial charge >= 0.3 is 0 Å². The van der Waals surface area contributed by atoms with Crippen molar-refractivity contribution in [3.63, 3.8) is 0 Å². The summed E-state index contributed by atoms with van der Waals surface area (Å²) in [7, 11) is 1.79. The second kappa shape index (κ2) is 18.8. The second-order valence-electron chi connectivity index (χ2n) is 5.67. The van der Waals surface area contributed by atoms with Gasteiger partial charge < -0.3 is 11.1 Å². The highest BCUT2D eigenvalue weighted by Crippen LogP contribution is 2.23. The molecule has 1 heterocycles. The number of rotatable bonds is 4. The molecule has 1 aromatic heterocycles. The molecule has 0 aliphatic rings. The summed E-state index contributed by atoms with van der Waals surface area (Å²) >= 11 is 0. The van der Waals surface area contributed by atoms with Crippen LogP contribution in [0.5, 0.6) is 0 Å². The summed E-state index contributed by atoms with van der Waals surface area (Å²) in [6.07, 6.45) is 11.6. The maximum atomic E-state index is 5.84. The standard InChI is InChI=1S/C14H17N3.C10H11N.C2H6/c1-3-4-10-17-14-11-12(6-5-9-16-2)7-8-13(14)15;1-2-3-4-5-10-6-8-11-9-7-10;1-2/h3-4,7-8,10-11,16H,6,15H2,1-2H3;6-9H,2,5H2,1H3;1-2H3/b4-3-,17-10?;;. The number of nitrogens with two attached hydrogens (primary N) is 1. The first kappa shape index (κ1) is 26.5. The Morgan fingerprint density at radius 2 is 1.73 bits per heavy atom. The molecule has 0 aliphatic heterocycles. The monoisotopic (exact) mass is 402 g/mol. The summed E-state index contributed by atoms with van der Waals surface area (Å²) < 4.78 is 0. The summed E-state index contributed by atoms with van der Waals surface area (Å²) in [4.78, 5) is 8.21. The van der Waals surface area contributed by atoms with Crippen molar-refractivity contribution in [1.29, 1.82) is 0 Å². The van der Waals surface area contributed by atoms with Crippen LogP contribution < -0.4 is 11.1 Å². The Morgan fingerprint density at radius 3 is 2.37 bits per heavy atom. The lowest BCUT2D eigenvalue weighted by molar-refractivity contribution is 1.15. The van der Waals surface area contributed by atoms with E-state index in [4.69, 9.17) is 5.73 Å². The van der Waals surface area contributed by atoms with Gasteiger partial charge in [-0.15, -0.1) is 5.92 Å². The molecule has 0 spiro atoms. The first-order valence-corrected chi connectivity index (χ1v) is 10.2. The van der Waals surface area contributed by atoms with Gasteiger partial charge in [-0.3, -0.25) is 9.98 Å². The molecule has 158 valence electrons. The van der Waals surface area contributed by atoms with Crippen LogP contribution in [-0.4, -0.2) is 18.2 Å². The van der Waals surface area contributed by atoms with Crippen molar-refractivity contribution in [3.8, 4) is 23.8 Å². The smallest absolute Gasteiger partial charge is 0.0861 e. The highest BCUT2D eigenvalue weighted by Gasteiger charge is 1.98. The number of nitrogen functional groups attached to an aromatic ring is 1. The van der Waals surface area contributed by atoms with Crippen LogP contribution in [0.3, 0.4) is 0 Å². The van der Waals surface area contributed by atoms with Crippen LogP contribution in [-0.2, 0) is 12.8 Å². The fourth-order valence-corrected chi connectivity index (χ4v) is 2.05. The van der Waals surface area contributed by atoms with Gasteiger partial charge in [0.1, 0.15) is 0 Å². The maximum Gasteiger partial charge on any atom is 0.0861 e. The molecule has 0 atom stereocenters. The predicted octanol–water partition coefficient (Wildman–Crippen LogP) is 5.33. The van der Waals surface area contributed by atoms with Gasteiger partial charge in [-0.25, -0.2) is 0 Å². The quantitative estimate of drug-likeness (QED) is 0.314. The van der Waals surface area contributed by atoms with Crippen LogP contribution in [0, 0.1) is 23.8 Å². The number of hydrogen-bond donors (Lipinski definition) is 2. The lowest BCUT2D eigenvalue weighted by Gasteiger charge is -2.01. The van der Waals surface area contributed by atoms with E-state index in [0.29, 0.717) is 12.1 Å². The molecule has 0 radical (unpaired) electrons. The molecule has 1 aromatic carbocycles. The Kier molecular flexibility index (Phi) is 16.6. The lowest BCUT2D eigenvalue weighted by atomic mass is 10.1. The predicted molar refractivity (Wildman–Crippen MR) is 132 cm³/mol. The molecule has 0 unspecified atom stereocenters. The van der Waals surface area contributed by atoms with Crippen molar-refractivity contribution in [2.45, 2.75) is 47.0 Å². The van der Waals surface area contributed by atoms with Gasteiger partial charge in [0.15, 0.2) is 0 Å². The van der Waals surface area contributed by atoms with Crippen molar-refractivity contribution < 1.29 is 0 Å². The van der Waals surface area contributed by atoms with Gasteiger partial charge in [0, 0.05) is 51.0 Å². The van der Waals surface area contributed by atoms with Gasteiger partial charge in [-0.2, -0.15) is 0 Å². The number of hydrogen-bond acceptors (Lipinski definition) is 4. The van der Waals surface area contributed by atoms with E-state index in [0.717, 1.165) is 24.1 Å². The average Bonchev–Trinajstić information content (AvgIpc) is 2.79. The van der Waals surface area contributed by atoms with Crippen LogP contribution >= 0.6 is 0 Å². The Balaban J connectivity index is 0.000000557. The van der Waals surface area contributed by atoms with Crippen LogP contribution in [0.4, 0.5) is 11.4 Å². The third-order valence-corrected chi connectivity index (χ3v) is 3.44. The summed E-state index contributed by atoms with van der Waals surface area (Å²) in [6.45, 7) is 8.00. The van der Waals surface area contributed by atoms with Crippen molar-refractivity contribution in [1.82, 2.24) is 10.3 Å². The molecule has 3 N–H and O–H groups in total. The van der Waals surface area contributed by atoms with E-state index in [-0.39, 0.29) is 0 Å². The van der Waals surface area contributed by atoms with E-state index < -0.39 is 0 Å². The summed E-state index contributed by atoms with van der Waals surface area (Å²) in [5.41, 5.74) is 9.64. The minimum absolute atomic E-state index is 0.677. The molecule has 4 heteroatoms. The van der Waals surface area contributed by atoms with Gasteiger partial charge in [0.05, 0.1) is 11.4 Å². The Morgan fingerprint density at radius 1 is 1.03 bits per heavy atom. The molecule has 2 rings (SSSR count). The fraction of sp³-hybridized carbons (Fsp3) is 0.308. The highest BCUT2D eigenvalue weighted by molar-refractivity contribution is 5.78. The molecule has 0 bridgehead atoms. The van der Waals surface area contributed by atoms with Crippen LogP contribution in [0.2, 0.25) is 0 Å². The van der Waals surface area contributed by atoms with Gasteiger partial charge in [0.2, 0.25) is 0 Å². The number of nitrogens with zero attached hydrogens (tertiary/aromatic N) is 2. The fourth-order valence-electron chi connectivity index (χ4n) is 2.05. The van der Waals surface area contributed by atoms with Crippen LogP contribution in [0.1, 0.15) is 45.2 Å². The zero-order valence-corrected chi connectivity index (χ0v) is 18.9. The Bertz CT molecular complexity index is 876. The number of anilines is 1. The first-order chi connectivity index (χ1) is 14.7. The number of benzene rings is 1. The topological polar surface area (TPSA) is 63.3 Å². The van der Waals surface area contributed by atoms with E-state index in [1.54, 1.807) is 25.7 Å². The average molecular weight is 403 g/mol. The summed E-state index contributed by atoms with van der Waals surface area (Å²) in [6, 6.07) is 12.6. The molecule has 30 heavy (non-hydrogen) atoms. The molecule has 0 saturated heterocycles. The van der Waals surface area contributed by atoms with E-state index in [1.165, 1.54) is 5.56 Å². The number of aliphatic imine (C=N–C) groups is 1. The Hall–Kier alpha value is -3.50. The zero-order chi connectivity index (χ0) is 22.5. The lowest BCUT2D eigenvalue weighted by Crippen LogP contribution is -1.93. The van der Waals surface area contributed by atoms with E-state index in [2.05, 4.69) is 46.0 Å². The van der Waals surface area contributed by atoms with Gasteiger partial charge in [0.25, 0.3) is 0 Å².